The van der Waals surface area contributed by atoms with Crippen molar-refractivity contribution in [1.29, 1.82) is 0 Å². The number of sulfonamides is 1. The van der Waals surface area contributed by atoms with Gasteiger partial charge in [0.05, 0.1) is 14.2 Å². The lowest BCUT2D eigenvalue weighted by atomic mass is 10.1. The molecule has 0 aliphatic carbocycles. The van der Waals surface area contributed by atoms with Gasteiger partial charge in [0.2, 0.25) is 10.0 Å². The first-order valence-corrected chi connectivity index (χ1v) is 9.21. The first kappa shape index (κ1) is 19.2. The quantitative estimate of drug-likeness (QED) is 0.742. The summed E-state index contributed by atoms with van der Waals surface area (Å²) in [7, 11) is -1.51. The third-order valence-corrected chi connectivity index (χ3v) is 5.21. The molecule has 0 amide bonds. The fraction of sp³-hybridized carbons (Fsp3) is 0.235. The molecule has 25 heavy (non-hydrogen) atoms. The van der Waals surface area contributed by atoms with Gasteiger partial charge in [0.25, 0.3) is 0 Å². The van der Waals surface area contributed by atoms with Crippen molar-refractivity contribution < 1.29 is 22.7 Å². The van der Waals surface area contributed by atoms with Gasteiger partial charge in [0, 0.05) is 5.02 Å². The smallest absolute Gasteiger partial charge is 0.324 e. The van der Waals surface area contributed by atoms with Crippen LogP contribution in [0.5, 0.6) is 5.75 Å². The topological polar surface area (TPSA) is 81.7 Å². The Hall–Kier alpha value is -2.09. The van der Waals surface area contributed by atoms with Gasteiger partial charge in [-0.2, -0.15) is 4.72 Å². The molecule has 0 bridgehead atoms. The van der Waals surface area contributed by atoms with Crippen LogP contribution >= 0.6 is 11.6 Å². The normalized spacial score (nSPS) is 12.4. The summed E-state index contributed by atoms with van der Waals surface area (Å²) in [4.78, 5) is 11.9. The van der Waals surface area contributed by atoms with Crippen molar-refractivity contribution >= 4 is 27.6 Å². The van der Waals surface area contributed by atoms with Crippen LogP contribution < -0.4 is 9.46 Å². The summed E-state index contributed by atoms with van der Waals surface area (Å²) in [5.41, 5.74) is 0.790. The molecule has 0 saturated carbocycles. The predicted octanol–water partition coefficient (Wildman–Crippen LogP) is 2.41. The first-order valence-electron chi connectivity index (χ1n) is 7.35. The molecule has 1 unspecified atom stereocenters. The Morgan fingerprint density at radius 3 is 2.44 bits per heavy atom. The van der Waals surface area contributed by atoms with E-state index in [1.165, 1.54) is 32.4 Å². The van der Waals surface area contributed by atoms with Gasteiger partial charge in [-0.1, -0.05) is 41.9 Å². The molecule has 0 saturated heterocycles. The number of halogens is 1. The summed E-state index contributed by atoms with van der Waals surface area (Å²) in [6.07, 6.45) is 0.148. The average molecular weight is 384 g/mol. The number of methoxy groups -OCH3 is 2. The highest BCUT2D eigenvalue weighted by atomic mass is 35.5. The minimum absolute atomic E-state index is 0.125. The molecule has 6 nitrogen and oxygen atoms in total. The zero-order valence-corrected chi connectivity index (χ0v) is 15.3. The predicted molar refractivity (Wildman–Crippen MR) is 94.3 cm³/mol. The second kappa shape index (κ2) is 8.33. The monoisotopic (exact) mass is 383 g/mol. The molecule has 2 rings (SSSR count). The summed E-state index contributed by atoms with van der Waals surface area (Å²) in [5.74, 6) is -0.561. The summed E-state index contributed by atoms with van der Waals surface area (Å²) >= 11 is 5.90. The lowest BCUT2D eigenvalue weighted by Crippen LogP contribution is -2.43. The van der Waals surface area contributed by atoms with Crippen molar-refractivity contribution in [3.8, 4) is 5.75 Å². The number of carbonyl (C=O) groups is 1. The molecule has 0 aromatic heterocycles. The molecular formula is C17H18ClNO5S. The lowest BCUT2D eigenvalue weighted by Gasteiger charge is -2.18. The highest BCUT2D eigenvalue weighted by Gasteiger charge is 2.29. The number of carbonyl (C=O) groups excluding carboxylic acids is 1. The maximum absolute atomic E-state index is 12.7. The minimum Gasteiger partial charge on any atom is -0.495 e. The van der Waals surface area contributed by atoms with Crippen molar-refractivity contribution in [2.75, 3.05) is 14.2 Å². The third kappa shape index (κ3) is 4.94. The van der Waals surface area contributed by atoms with E-state index in [0.29, 0.717) is 0 Å². The second-order valence-electron chi connectivity index (χ2n) is 5.18. The van der Waals surface area contributed by atoms with Crippen molar-refractivity contribution in [3.63, 3.8) is 0 Å². The Labute approximate surface area is 151 Å². The van der Waals surface area contributed by atoms with Gasteiger partial charge in [-0.25, -0.2) is 8.42 Å². The highest BCUT2D eigenvalue weighted by molar-refractivity contribution is 7.89. The molecule has 0 aliphatic rings. The Morgan fingerprint density at radius 1 is 1.16 bits per heavy atom. The number of hydrogen-bond acceptors (Lipinski definition) is 5. The van der Waals surface area contributed by atoms with Crippen molar-refractivity contribution in [2.24, 2.45) is 0 Å². The second-order valence-corrected chi connectivity index (χ2v) is 7.30. The molecule has 2 aromatic carbocycles. The van der Waals surface area contributed by atoms with Crippen LogP contribution in [0, 0.1) is 0 Å². The van der Waals surface area contributed by atoms with Crippen molar-refractivity contribution in [3.05, 3.63) is 59.1 Å². The van der Waals surface area contributed by atoms with Gasteiger partial charge >= 0.3 is 5.97 Å². The Morgan fingerprint density at radius 2 is 1.84 bits per heavy atom. The molecule has 0 aliphatic heterocycles. The Bertz CT molecular complexity index is 839. The van der Waals surface area contributed by atoms with E-state index < -0.39 is 22.0 Å². The molecule has 0 spiro atoms. The number of esters is 1. The Balaban J connectivity index is 2.34. The summed E-state index contributed by atoms with van der Waals surface area (Å²) in [6.45, 7) is 0. The minimum atomic E-state index is -4.06. The van der Waals surface area contributed by atoms with Crippen molar-refractivity contribution in [1.82, 2.24) is 4.72 Å². The van der Waals surface area contributed by atoms with Crippen LogP contribution in [-0.4, -0.2) is 34.6 Å². The van der Waals surface area contributed by atoms with Gasteiger partial charge in [-0.05, 0) is 30.2 Å². The van der Waals surface area contributed by atoms with Gasteiger partial charge in [-0.15, -0.1) is 0 Å². The number of hydrogen-bond donors (Lipinski definition) is 1. The summed E-state index contributed by atoms with van der Waals surface area (Å²) in [5, 5.41) is 0.235. The van der Waals surface area contributed by atoms with Crippen LogP contribution in [0.2, 0.25) is 5.02 Å². The van der Waals surface area contributed by atoms with E-state index in [2.05, 4.69) is 4.72 Å². The number of nitrogens with one attached hydrogen (secondary N) is 1. The van der Waals surface area contributed by atoms with Crippen molar-refractivity contribution in [2.45, 2.75) is 17.4 Å². The number of rotatable bonds is 7. The largest absolute Gasteiger partial charge is 0.495 e. The summed E-state index contributed by atoms with van der Waals surface area (Å²) < 4.78 is 37.6. The number of ether oxygens (including phenoxy) is 2. The van der Waals surface area contributed by atoms with Gasteiger partial charge in [-0.3, -0.25) is 4.79 Å². The summed E-state index contributed by atoms with van der Waals surface area (Å²) in [6, 6.07) is 12.2. The highest BCUT2D eigenvalue weighted by Crippen LogP contribution is 2.27. The standard InChI is InChI=1S/C17H18ClNO5S/c1-23-15-9-8-13(18)11-16(15)25(21,22)19-14(17(20)24-2)10-12-6-4-3-5-7-12/h3-9,11,14,19H,10H2,1-2H3. The maximum Gasteiger partial charge on any atom is 0.324 e. The molecular weight excluding hydrogens is 366 g/mol. The maximum atomic E-state index is 12.7. The van der Waals surface area contributed by atoms with E-state index >= 15 is 0 Å². The third-order valence-electron chi connectivity index (χ3n) is 3.48. The molecule has 0 fully saturated rings. The molecule has 2 aromatic rings. The van der Waals surface area contributed by atoms with E-state index in [1.807, 2.05) is 6.07 Å². The van der Waals surface area contributed by atoms with Crippen LogP contribution in [0.15, 0.2) is 53.4 Å². The lowest BCUT2D eigenvalue weighted by molar-refractivity contribution is -0.142. The van der Waals surface area contributed by atoms with Crippen LogP contribution in [0.1, 0.15) is 5.56 Å². The molecule has 134 valence electrons. The van der Waals surface area contributed by atoms with E-state index in [9.17, 15) is 13.2 Å². The zero-order valence-electron chi connectivity index (χ0n) is 13.7. The van der Waals surface area contributed by atoms with E-state index in [4.69, 9.17) is 21.1 Å². The van der Waals surface area contributed by atoms with E-state index in [1.54, 1.807) is 24.3 Å². The first-order chi connectivity index (χ1) is 11.9. The molecule has 0 radical (unpaired) electrons. The van der Waals surface area contributed by atoms with Crippen LogP contribution in [-0.2, 0) is 26.0 Å². The number of benzene rings is 2. The van der Waals surface area contributed by atoms with Gasteiger partial charge in [0.15, 0.2) is 0 Å². The van der Waals surface area contributed by atoms with E-state index in [-0.39, 0.29) is 22.1 Å². The average Bonchev–Trinajstić information content (AvgIpc) is 2.61. The molecule has 1 atom stereocenters. The van der Waals surface area contributed by atoms with Crippen LogP contribution in [0.25, 0.3) is 0 Å². The molecule has 1 N–H and O–H groups in total. The van der Waals surface area contributed by atoms with Crippen LogP contribution in [0.4, 0.5) is 0 Å². The molecule has 8 heteroatoms. The fourth-order valence-corrected chi connectivity index (χ4v) is 3.89. The fourth-order valence-electron chi connectivity index (χ4n) is 2.28. The zero-order chi connectivity index (χ0) is 18.4. The Kier molecular flexibility index (Phi) is 6.41. The van der Waals surface area contributed by atoms with Gasteiger partial charge < -0.3 is 9.47 Å². The SMILES string of the molecule is COC(=O)C(Cc1ccccc1)NS(=O)(=O)c1cc(Cl)ccc1OC. The molecule has 0 heterocycles. The van der Waals surface area contributed by atoms with Gasteiger partial charge in [0.1, 0.15) is 16.7 Å². The van der Waals surface area contributed by atoms with Crippen LogP contribution in [0.3, 0.4) is 0 Å². The van der Waals surface area contributed by atoms with E-state index in [0.717, 1.165) is 5.56 Å².